The molecule has 2 aromatic heterocycles. The number of fused-ring (bicyclic) bond motifs is 7. The minimum absolute atomic E-state index is 0.0717. The van der Waals surface area contributed by atoms with Crippen molar-refractivity contribution < 1.29 is 37.8 Å². The average Bonchev–Trinajstić information content (AvgIpc) is 3.58. The van der Waals surface area contributed by atoms with Crippen LogP contribution in [0.5, 0.6) is 0 Å². The van der Waals surface area contributed by atoms with Gasteiger partial charge in [0.25, 0.3) is 0 Å². The molecule has 0 atom stereocenters. The Hall–Kier alpha value is -3.39. The molecule has 3 aromatic carbocycles. The highest BCUT2D eigenvalue weighted by Gasteiger charge is 2.48. The minimum Gasteiger partial charge on any atom is -0.454 e. The Morgan fingerprint density at radius 3 is 2.24 bits per heavy atom. The number of aromatic nitrogens is 1. The van der Waals surface area contributed by atoms with Gasteiger partial charge in [0, 0.05) is 62.7 Å². The van der Waals surface area contributed by atoms with E-state index in [-0.39, 0.29) is 38.9 Å². The Labute approximate surface area is 250 Å². The van der Waals surface area contributed by atoms with E-state index in [1.54, 1.807) is 30.7 Å². The van der Waals surface area contributed by atoms with Crippen molar-refractivity contribution in [1.29, 1.82) is 0 Å². The van der Waals surface area contributed by atoms with Crippen molar-refractivity contribution in [2.75, 3.05) is 0 Å². The zero-order valence-electron chi connectivity index (χ0n) is 41.2. The number of furan rings is 1. The first-order chi connectivity index (χ1) is 26.1. The second-order valence-corrected chi connectivity index (χ2v) is 9.43. The highest BCUT2D eigenvalue weighted by atomic mass is 16.3. The van der Waals surface area contributed by atoms with Crippen molar-refractivity contribution in [1.82, 2.24) is 0 Å². The number of benzene rings is 3. The van der Waals surface area contributed by atoms with Gasteiger partial charge in [0.2, 0.25) is 5.69 Å². The monoisotopic (exact) mass is 509 g/mol. The minimum atomic E-state index is -4.00. The summed E-state index contributed by atoms with van der Waals surface area (Å²) in [6.07, 6.45) is 1.39. The highest BCUT2D eigenvalue weighted by Crippen LogP contribution is 2.58. The predicted octanol–water partition coefficient (Wildman–Crippen LogP) is 9.09. The lowest BCUT2D eigenvalue weighted by atomic mass is 9.63. The summed E-state index contributed by atoms with van der Waals surface area (Å²) < 4.78 is 188. The fourth-order valence-corrected chi connectivity index (χ4v) is 5.71. The molecule has 2 nitrogen and oxygen atoms in total. The van der Waals surface area contributed by atoms with Gasteiger partial charge in [-0.2, -0.15) is 0 Å². The smallest absolute Gasteiger partial charge is 0.216 e. The highest BCUT2D eigenvalue weighted by molar-refractivity contribution is 6.14. The van der Waals surface area contributed by atoms with E-state index in [0.29, 0.717) is 16.5 Å². The van der Waals surface area contributed by atoms with Crippen LogP contribution in [0, 0.1) is 18.7 Å². The molecule has 37 heavy (non-hydrogen) atoms. The Morgan fingerprint density at radius 2 is 1.51 bits per heavy atom. The van der Waals surface area contributed by atoms with Crippen LogP contribution in [0.15, 0.2) is 71.3 Å². The maximum atomic E-state index is 9.64. The third-order valence-corrected chi connectivity index (χ3v) is 7.47. The van der Waals surface area contributed by atoms with Crippen LogP contribution in [0.1, 0.15) is 98.0 Å². The van der Waals surface area contributed by atoms with E-state index in [1.165, 1.54) is 42.6 Å². The maximum absolute atomic E-state index is 9.64. The van der Waals surface area contributed by atoms with E-state index < -0.39 is 75.3 Å². The van der Waals surface area contributed by atoms with Crippen molar-refractivity contribution in [3.05, 3.63) is 89.1 Å². The van der Waals surface area contributed by atoms with Crippen LogP contribution in [0.25, 0.3) is 44.3 Å². The van der Waals surface area contributed by atoms with E-state index in [2.05, 4.69) is 0 Å². The molecule has 0 N–H and O–H groups in total. The lowest BCUT2D eigenvalue weighted by Gasteiger charge is -2.40. The number of nitrogens with zero attached hydrogens (tertiary/aromatic N) is 1. The fraction of sp³-hybridized carbons (Fsp3) is 0.343. The van der Waals surface area contributed by atoms with Crippen molar-refractivity contribution in [2.45, 2.75) is 59.3 Å². The van der Waals surface area contributed by atoms with Gasteiger partial charge in [-0.05, 0) is 52.4 Å². The zero-order chi connectivity index (χ0) is 44.0. The molecular weight excluding hydrogens is 450 g/mol. The predicted molar refractivity (Wildman–Crippen MR) is 155 cm³/mol. The van der Waals surface area contributed by atoms with Gasteiger partial charge in [0.15, 0.2) is 6.20 Å². The second-order valence-electron chi connectivity index (χ2n) is 9.43. The molecule has 0 aliphatic heterocycles. The topological polar surface area (TPSA) is 17.0 Å². The van der Waals surface area contributed by atoms with Crippen LogP contribution in [-0.4, -0.2) is 0 Å². The van der Waals surface area contributed by atoms with Gasteiger partial charge in [0.1, 0.15) is 18.2 Å². The Morgan fingerprint density at radius 1 is 0.811 bits per heavy atom. The molecule has 188 valence electrons. The molecule has 0 bridgehead atoms. The molecule has 0 amide bonds. The molecule has 0 spiro atoms. The van der Waals surface area contributed by atoms with Crippen molar-refractivity contribution >= 4 is 21.9 Å². The lowest BCUT2D eigenvalue weighted by Crippen LogP contribution is -2.37. The molecule has 1 aliphatic rings. The molecule has 0 fully saturated rings. The number of pyridine rings is 1. The third kappa shape index (κ3) is 3.14. The Bertz CT molecular complexity index is 2380. The zero-order valence-corrected chi connectivity index (χ0v) is 20.2. The van der Waals surface area contributed by atoms with Gasteiger partial charge in [-0.15, -0.1) is 0 Å². The Balaban J connectivity index is 1.84. The van der Waals surface area contributed by atoms with Gasteiger partial charge in [-0.3, -0.25) is 0 Å². The molecule has 1 aliphatic carbocycles. The first-order valence-electron chi connectivity index (χ1n) is 22.2. The molecule has 5 aromatic rings. The molecule has 2 heteroatoms. The van der Waals surface area contributed by atoms with E-state index in [4.69, 9.17) is 30.5 Å². The molecule has 0 saturated carbocycles. The average molecular weight is 510 g/mol. The standard InChI is InChI=1S/C35H38NO/c1-20(2)24-17-18-36(8)30(19-24)31-23(7)13-14-25-26-15-16-29-32(34(26)37-33(25)31)27-11-9-10-12-28(27)35(29,21(3)4)22(5)6/h9-22H,1-8H3/q+1/i1D3,2D3,3D3,4D3,5D3,6D3,20D,21D,22D. The molecule has 0 saturated heterocycles. The van der Waals surface area contributed by atoms with Crippen molar-refractivity contribution in [3.63, 3.8) is 0 Å². The van der Waals surface area contributed by atoms with Crippen LogP contribution in [0.3, 0.4) is 0 Å². The Kier molecular flexibility index (Phi) is 2.26. The SMILES string of the molecule is [2H]C([2H])([2H])C([2H])(c1cc[n+](C)c(-c2c(C)ccc3c2oc2c4c(ccc23)C(C([2H])(C([2H])([2H])[2H])C([2H])([2H])[2H])(C([2H])(C([2H])([2H])[2H])C([2H])([2H])[2H])c2ccccc2-4)c1)C([2H])([2H])[2H]. The number of hydrogen-bond acceptors (Lipinski definition) is 1. The van der Waals surface area contributed by atoms with Gasteiger partial charge in [-0.1, -0.05) is 89.6 Å². The number of aryl methyl sites for hydroxylation is 2. The third-order valence-electron chi connectivity index (χ3n) is 7.47. The van der Waals surface area contributed by atoms with Crippen molar-refractivity contribution in [3.8, 4) is 22.4 Å². The van der Waals surface area contributed by atoms with E-state index >= 15 is 0 Å². The van der Waals surface area contributed by atoms with Crippen LogP contribution in [-0.2, 0) is 12.5 Å². The summed E-state index contributed by atoms with van der Waals surface area (Å²) in [5, 5.41) is 0.658. The maximum Gasteiger partial charge on any atom is 0.216 e. The summed E-state index contributed by atoms with van der Waals surface area (Å²) in [5.41, 5.74) is -4.06. The van der Waals surface area contributed by atoms with Gasteiger partial charge < -0.3 is 4.42 Å². The second kappa shape index (κ2) is 8.31. The van der Waals surface area contributed by atoms with Crippen LogP contribution in [0.2, 0.25) is 0 Å². The summed E-state index contributed by atoms with van der Waals surface area (Å²) in [6, 6.07) is 13.6. The molecule has 0 radical (unpaired) electrons. The van der Waals surface area contributed by atoms with Crippen LogP contribution < -0.4 is 4.57 Å². The summed E-state index contributed by atoms with van der Waals surface area (Å²) in [5.74, 6) is -11.1. The van der Waals surface area contributed by atoms with Gasteiger partial charge in [0.05, 0.1) is 5.56 Å². The molecule has 6 rings (SSSR count). The van der Waals surface area contributed by atoms with E-state index in [0.717, 1.165) is 12.1 Å². The molecule has 2 heterocycles. The lowest BCUT2D eigenvalue weighted by molar-refractivity contribution is -0.660. The van der Waals surface area contributed by atoms with Crippen LogP contribution >= 0.6 is 0 Å². The largest absolute Gasteiger partial charge is 0.454 e. The first-order valence-corrected chi connectivity index (χ1v) is 11.7. The summed E-state index contributed by atoms with van der Waals surface area (Å²) in [4.78, 5) is 0. The summed E-state index contributed by atoms with van der Waals surface area (Å²) in [6.45, 7) is -20.7. The normalized spacial score (nSPS) is 25.6. The number of rotatable bonds is 4. The first kappa shape index (κ1) is 10.1. The summed E-state index contributed by atoms with van der Waals surface area (Å²) >= 11 is 0. The van der Waals surface area contributed by atoms with Crippen LogP contribution in [0.4, 0.5) is 0 Å². The van der Waals surface area contributed by atoms with Gasteiger partial charge >= 0.3 is 0 Å². The molecule has 0 unspecified atom stereocenters. The summed E-state index contributed by atoms with van der Waals surface area (Å²) in [7, 11) is 1.59. The van der Waals surface area contributed by atoms with E-state index in [9.17, 15) is 2.74 Å². The fourth-order valence-electron chi connectivity index (χ4n) is 5.71. The quantitative estimate of drug-likeness (QED) is 0.221. The van der Waals surface area contributed by atoms with E-state index in [1.807, 2.05) is 0 Å². The van der Waals surface area contributed by atoms with Crippen molar-refractivity contribution in [2.24, 2.45) is 18.8 Å². The molecular formula is C35H38NO+. The number of hydrogen-bond donors (Lipinski definition) is 0. The van der Waals surface area contributed by atoms with Gasteiger partial charge in [-0.25, -0.2) is 4.57 Å².